The smallest absolute Gasteiger partial charge is 0.355 e. The number of carbonyl (C=O) groups is 1. The maximum atomic E-state index is 10.9. The van der Waals surface area contributed by atoms with Crippen LogP contribution in [0.2, 0.25) is 0 Å². The molecule has 1 aromatic carbocycles. The number of thiazole rings is 1. The molecule has 1 atom stereocenters. The van der Waals surface area contributed by atoms with E-state index in [-0.39, 0.29) is 11.7 Å². The Hall–Kier alpha value is -1.72. The van der Waals surface area contributed by atoms with E-state index in [1.54, 1.807) is 6.92 Å². The highest BCUT2D eigenvalue weighted by Crippen LogP contribution is 2.26. The highest BCUT2D eigenvalue weighted by atomic mass is 32.1. The number of carboxylic acid groups (broad SMARTS) is 1. The molecule has 1 aromatic heterocycles. The number of carboxylic acids is 1. The number of benzene rings is 1. The molecule has 5 heteroatoms. The summed E-state index contributed by atoms with van der Waals surface area (Å²) in [6.07, 6.45) is 0. The third kappa shape index (κ3) is 2.35. The number of nitrogens with zero attached hydrogens (tertiary/aromatic N) is 1. The van der Waals surface area contributed by atoms with Crippen LogP contribution in [0.4, 0.5) is 0 Å². The van der Waals surface area contributed by atoms with Gasteiger partial charge in [0.1, 0.15) is 5.01 Å². The standard InChI is InChI=1S/C12H12N2O2S/c1-7-10(12(15)16)14-11(17-7)9(13)8-5-3-2-4-6-8/h2-6,9H,13H2,1H3,(H,15,16). The van der Waals surface area contributed by atoms with Crippen LogP contribution in [-0.2, 0) is 0 Å². The average Bonchev–Trinajstić information content (AvgIpc) is 2.71. The van der Waals surface area contributed by atoms with E-state index in [9.17, 15) is 4.79 Å². The Morgan fingerprint density at radius 3 is 2.59 bits per heavy atom. The van der Waals surface area contributed by atoms with Gasteiger partial charge in [-0.2, -0.15) is 0 Å². The van der Waals surface area contributed by atoms with Gasteiger partial charge in [-0.05, 0) is 12.5 Å². The number of hydrogen-bond donors (Lipinski definition) is 2. The fraction of sp³-hybridized carbons (Fsp3) is 0.167. The molecule has 4 nitrogen and oxygen atoms in total. The molecule has 0 aliphatic heterocycles. The number of hydrogen-bond acceptors (Lipinski definition) is 4. The van der Waals surface area contributed by atoms with Crippen molar-refractivity contribution in [2.75, 3.05) is 0 Å². The molecule has 0 amide bonds. The Labute approximate surface area is 103 Å². The van der Waals surface area contributed by atoms with Gasteiger partial charge in [0.15, 0.2) is 5.69 Å². The minimum Gasteiger partial charge on any atom is -0.476 e. The van der Waals surface area contributed by atoms with Crippen LogP contribution in [0.15, 0.2) is 30.3 Å². The first-order valence-electron chi connectivity index (χ1n) is 5.10. The summed E-state index contributed by atoms with van der Waals surface area (Å²) in [4.78, 5) is 15.7. The second-order valence-corrected chi connectivity index (χ2v) is 4.89. The Kier molecular flexibility index (Phi) is 3.21. The maximum absolute atomic E-state index is 10.9. The first-order chi connectivity index (χ1) is 8.09. The van der Waals surface area contributed by atoms with E-state index >= 15 is 0 Å². The van der Waals surface area contributed by atoms with Crippen LogP contribution in [0.3, 0.4) is 0 Å². The van der Waals surface area contributed by atoms with Crippen LogP contribution in [0.25, 0.3) is 0 Å². The van der Waals surface area contributed by atoms with Gasteiger partial charge in [0, 0.05) is 4.88 Å². The Bertz CT molecular complexity index is 537. The summed E-state index contributed by atoms with van der Waals surface area (Å²) in [6, 6.07) is 9.14. The zero-order chi connectivity index (χ0) is 12.4. The van der Waals surface area contributed by atoms with Crippen LogP contribution in [0.1, 0.15) is 32.0 Å². The van der Waals surface area contributed by atoms with Crippen LogP contribution in [0.5, 0.6) is 0 Å². The minimum absolute atomic E-state index is 0.0939. The first-order valence-corrected chi connectivity index (χ1v) is 5.92. The quantitative estimate of drug-likeness (QED) is 0.873. The van der Waals surface area contributed by atoms with Crippen molar-refractivity contribution in [2.45, 2.75) is 13.0 Å². The van der Waals surface area contributed by atoms with Gasteiger partial charge in [-0.1, -0.05) is 30.3 Å². The largest absolute Gasteiger partial charge is 0.476 e. The maximum Gasteiger partial charge on any atom is 0.355 e. The Morgan fingerprint density at radius 1 is 1.41 bits per heavy atom. The van der Waals surface area contributed by atoms with Gasteiger partial charge in [0.25, 0.3) is 0 Å². The minimum atomic E-state index is -1.01. The summed E-state index contributed by atoms with van der Waals surface area (Å²) in [5, 5.41) is 9.57. The Balaban J connectivity index is 2.35. The van der Waals surface area contributed by atoms with Gasteiger partial charge >= 0.3 is 5.97 Å². The topological polar surface area (TPSA) is 76.2 Å². The second kappa shape index (κ2) is 4.65. The lowest BCUT2D eigenvalue weighted by atomic mass is 10.1. The molecule has 1 heterocycles. The van der Waals surface area contributed by atoms with Crippen molar-refractivity contribution in [1.82, 2.24) is 4.98 Å². The van der Waals surface area contributed by atoms with Gasteiger partial charge in [0.05, 0.1) is 6.04 Å². The summed E-state index contributed by atoms with van der Waals surface area (Å²) in [6.45, 7) is 1.74. The van der Waals surface area contributed by atoms with Crippen LogP contribution >= 0.6 is 11.3 Å². The summed E-state index contributed by atoms with van der Waals surface area (Å²) in [5.74, 6) is -1.01. The van der Waals surface area contributed by atoms with Crippen LogP contribution in [0, 0.1) is 6.92 Å². The van der Waals surface area contributed by atoms with Gasteiger partial charge < -0.3 is 10.8 Å². The van der Waals surface area contributed by atoms with E-state index in [2.05, 4.69) is 4.98 Å². The average molecular weight is 248 g/mol. The van der Waals surface area contributed by atoms with Crippen molar-refractivity contribution in [2.24, 2.45) is 5.73 Å². The fourth-order valence-electron chi connectivity index (χ4n) is 1.55. The molecular formula is C12H12N2O2S. The van der Waals surface area contributed by atoms with Crippen molar-refractivity contribution in [3.05, 3.63) is 51.5 Å². The molecule has 0 saturated heterocycles. The van der Waals surface area contributed by atoms with E-state index in [4.69, 9.17) is 10.8 Å². The van der Waals surface area contributed by atoms with E-state index < -0.39 is 5.97 Å². The lowest BCUT2D eigenvalue weighted by Gasteiger charge is -2.07. The van der Waals surface area contributed by atoms with Crippen molar-refractivity contribution >= 4 is 17.3 Å². The van der Waals surface area contributed by atoms with Crippen molar-refractivity contribution < 1.29 is 9.90 Å². The van der Waals surface area contributed by atoms with Crippen molar-refractivity contribution in [3.63, 3.8) is 0 Å². The molecular weight excluding hydrogens is 236 g/mol. The number of aromatic carboxylic acids is 1. The monoisotopic (exact) mass is 248 g/mol. The summed E-state index contributed by atoms with van der Waals surface area (Å²) in [7, 11) is 0. The normalized spacial score (nSPS) is 12.4. The lowest BCUT2D eigenvalue weighted by molar-refractivity contribution is 0.0690. The highest BCUT2D eigenvalue weighted by Gasteiger charge is 2.18. The van der Waals surface area contributed by atoms with Crippen molar-refractivity contribution in [3.8, 4) is 0 Å². The van der Waals surface area contributed by atoms with Gasteiger partial charge in [-0.3, -0.25) is 0 Å². The van der Waals surface area contributed by atoms with E-state index in [1.807, 2.05) is 30.3 Å². The van der Waals surface area contributed by atoms with E-state index in [1.165, 1.54) is 11.3 Å². The lowest BCUT2D eigenvalue weighted by Crippen LogP contribution is -2.11. The molecule has 0 saturated carbocycles. The zero-order valence-electron chi connectivity index (χ0n) is 9.25. The molecule has 2 rings (SSSR count). The molecule has 0 aliphatic rings. The molecule has 0 bridgehead atoms. The van der Waals surface area contributed by atoms with Gasteiger partial charge in [-0.15, -0.1) is 11.3 Å². The van der Waals surface area contributed by atoms with Gasteiger partial charge in [0.2, 0.25) is 0 Å². The highest BCUT2D eigenvalue weighted by molar-refractivity contribution is 7.12. The number of aryl methyl sites for hydroxylation is 1. The molecule has 2 aromatic rings. The molecule has 0 spiro atoms. The second-order valence-electron chi connectivity index (χ2n) is 3.65. The summed E-state index contributed by atoms with van der Waals surface area (Å²) in [5.41, 5.74) is 7.08. The number of rotatable bonds is 3. The Morgan fingerprint density at radius 2 is 2.06 bits per heavy atom. The molecule has 0 aliphatic carbocycles. The third-order valence-corrected chi connectivity index (χ3v) is 3.49. The van der Waals surface area contributed by atoms with E-state index in [0.29, 0.717) is 9.88 Å². The van der Waals surface area contributed by atoms with Crippen LogP contribution in [-0.4, -0.2) is 16.1 Å². The molecule has 3 N–H and O–H groups in total. The fourth-order valence-corrected chi connectivity index (χ4v) is 2.49. The summed E-state index contributed by atoms with van der Waals surface area (Å²) < 4.78 is 0. The van der Waals surface area contributed by atoms with Crippen molar-refractivity contribution in [1.29, 1.82) is 0 Å². The predicted octanol–water partition coefficient (Wildman–Crippen LogP) is 2.20. The predicted molar refractivity (Wildman–Crippen MR) is 66.3 cm³/mol. The van der Waals surface area contributed by atoms with Gasteiger partial charge in [-0.25, -0.2) is 9.78 Å². The molecule has 88 valence electrons. The molecule has 17 heavy (non-hydrogen) atoms. The third-order valence-electron chi connectivity index (χ3n) is 2.44. The molecule has 1 unspecified atom stereocenters. The summed E-state index contributed by atoms with van der Waals surface area (Å²) >= 11 is 1.33. The van der Waals surface area contributed by atoms with E-state index in [0.717, 1.165) is 5.56 Å². The first kappa shape index (κ1) is 11.8. The number of aromatic nitrogens is 1. The zero-order valence-corrected chi connectivity index (χ0v) is 10.1. The number of nitrogens with two attached hydrogens (primary N) is 1. The molecule has 0 radical (unpaired) electrons. The SMILES string of the molecule is Cc1sc(C(N)c2ccccc2)nc1C(=O)O. The van der Waals surface area contributed by atoms with Crippen LogP contribution < -0.4 is 5.73 Å². The molecule has 0 fully saturated rings.